The summed E-state index contributed by atoms with van der Waals surface area (Å²) >= 11 is 0. The lowest BCUT2D eigenvalue weighted by atomic mass is 9.92. The van der Waals surface area contributed by atoms with Crippen LogP contribution in [0.5, 0.6) is 0 Å². The smallest absolute Gasteiger partial charge is 0.0897 e. The first-order valence-electron chi connectivity index (χ1n) is 23.9. The Hall–Kier alpha value is -0.960. The Balaban J connectivity index is 5.77. The van der Waals surface area contributed by atoms with E-state index in [-0.39, 0.29) is 52.9 Å². The lowest BCUT2D eigenvalue weighted by Gasteiger charge is -2.34. The summed E-state index contributed by atoms with van der Waals surface area (Å²) in [5.74, 6) is 0. The standard InChI is InChI=1S/C41H100N16O8/c42-1-13-54(14-2-43)21-9-50-25-37(58)29-62-33-41(34-63-30-38(59)26-51-10-22-55(15-3-44)16-4-45,35-64-31-39(60)27-52-11-23-56(17-5-46)18-6-47)36-65-32-40(61)28-53-12-24-57(19-7-48)20-8-49/h37-40,50-53,58-61H,1-36,42-49H2. The van der Waals surface area contributed by atoms with E-state index in [4.69, 9.17) is 64.8 Å². The largest absolute Gasteiger partial charge is 0.389 e. The number of aliphatic hydroxyl groups excluding tert-OH is 4. The van der Waals surface area contributed by atoms with Crippen molar-refractivity contribution in [2.45, 2.75) is 24.4 Å². The molecule has 0 saturated heterocycles. The molecule has 0 fully saturated rings. The number of nitrogens with one attached hydrogen (secondary N) is 4. The van der Waals surface area contributed by atoms with Crippen molar-refractivity contribution in [1.82, 2.24) is 40.9 Å². The molecular formula is C41H100N16O8. The van der Waals surface area contributed by atoms with E-state index < -0.39 is 29.8 Å². The van der Waals surface area contributed by atoms with Gasteiger partial charge in [0, 0.05) is 183 Å². The Labute approximate surface area is 391 Å². The highest BCUT2D eigenvalue weighted by atomic mass is 16.5. The number of hydrogen-bond donors (Lipinski definition) is 16. The zero-order chi connectivity index (χ0) is 48.2. The van der Waals surface area contributed by atoms with Gasteiger partial charge in [-0.15, -0.1) is 0 Å². The molecule has 0 aromatic rings. The van der Waals surface area contributed by atoms with Crippen LogP contribution in [0.2, 0.25) is 0 Å². The fourth-order valence-electron chi connectivity index (χ4n) is 6.96. The zero-order valence-electron chi connectivity index (χ0n) is 40.1. The van der Waals surface area contributed by atoms with Gasteiger partial charge < -0.3 is 107 Å². The molecule has 4 atom stereocenters. The van der Waals surface area contributed by atoms with E-state index in [1.54, 1.807) is 0 Å². The Morgan fingerprint density at radius 3 is 0.677 bits per heavy atom. The topological polar surface area (TPSA) is 387 Å². The highest BCUT2D eigenvalue weighted by Crippen LogP contribution is 2.22. The van der Waals surface area contributed by atoms with E-state index in [2.05, 4.69) is 40.9 Å². The van der Waals surface area contributed by atoms with Crippen LogP contribution in [0.15, 0.2) is 0 Å². The lowest BCUT2D eigenvalue weighted by Crippen LogP contribution is -2.46. The van der Waals surface area contributed by atoms with Gasteiger partial charge in [-0.05, 0) is 0 Å². The zero-order valence-corrected chi connectivity index (χ0v) is 40.1. The molecule has 0 aromatic heterocycles. The molecule has 0 rings (SSSR count). The van der Waals surface area contributed by atoms with Gasteiger partial charge in [-0.2, -0.15) is 0 Å². The van der Waals surface area contributed by atoms with Crippen LogP contribution in [0, 0.1) is 5.41 Å². The minimum Gasteiger partial charge on any atom is -0.389 e. The first-order chi connectivity index (χ1) is 31.5. The predicted octanol–water partition coefficient (Wildman–Crippen LogP) is -9.28. The van der Waals surface area contributed by atoms with Gasteiger partial charge in [0.2, 0.25) is 0 Å². The maximum absolute atomic E-state index is 10.9. The number of aliphatic hydroxyl groups is 4. The van der Waals surface area contributed by atoms with E-state index >= 15 is 0 Å². The molecule has 24 N–H and O–H groups in total. The summed E-state index contributed by atoms with van der Waals surface area (Å²) in [6.45, 7) is 17.2. The van der Waals surface area contributed by atoms with E-state index in [0.29, 0.717) is 105 Å². The minimum atomic E-state index is -0.952. The van der Waals surface area contributed by atoms with Crippen LogP contribution in [0.25, 0.3) is 0 Å². The van der Waals surface area contributed by atoms with Crippen molar-refractivity contribution in [1.29, 1.82) is 0 Å². The van der Waals surface area contributed by atoms with Crippen LogP contribution in [0.4, 0.5) is 0 Å². The van der Waals surface area contributed by atoms with Crippen molar-refractivity contribution in [3.8, 4) is 0 Å². The van der Waals surface area contributed by atoms with Crippen LogP contribution in [0.3, 0.4) is 0 Å². The molecule has 0 spiro atoms. The molecule has 0 aliphatic carbocycles. The molecule has 0 amide bonds. The minimum absolute atomic E-state index is 0.0116. The Morgan fingerprint density at radius 1 is 0.323 bits per heavy atom. The van der Waals surface area contributed by atoms with Gasteiger partial charge in [-0.3, -0.25) is 19.6 Å². The van der Waals surface area contributed by atoms with E-state index in [0.717, 1.165) is 78.5 Å². The third kappa shape index (κ3) is 37.6. The quantitative estimate of drug-likeness (QED) is 0.0252. The molecule has 0 radical (unpaired) electrons. The van der Waals surface area contributed by atoms with Crippen molar-refractivity contribution >= 4 is 0 Å². The second-order valence-corrected chi connectivity index (χ2v) is 16.7. The van der Waals surface area contributed by atoms with Crippen molar-refractivity contribution in [2.75, 3.05) is 236 Å². The molecule has 65 heavy (non-hydrogen) atoms. The monoisotopic (exact) mass is 945 g/mol. The van der Waals surface area contributed by atoms with Crippen LogP contribution in [0.1, 0.15) is 0 Å². The maximum atomic E-state index is 10.9. The Kier molecular flexibility index (Phi) is 44.8. The van der Waals surface area contributed by atoms with Gasteiger partial charge >= 0.3 is 0 Å². The number of rotatable bonds is 52. The average Bonchev–Trinajstić information content (AvgIpc) is 3.27. The van der Waals surface area contributed by atoms with Gasteiger partial charge in [0.05, 0.1) is 82.7 Å². The summed E-state index contributed by atoms with van der Waals surface area (Å²) in [5.41, 5.74) is 44.9. The molecule has 24 nitrogen and oxygen atoms in total. The fourth-order valence-corrected chi connectivity index (χ4v) is 6.96. The molecule has 0 saturated carbocycles. The molecule has 392 valence electrons. The summed E-state index contributed by atoms with van der Waals surface area (Å²) < 4.78 is 24.6. The van der Waals surface area contributed by atoms with E-state index in [1.165, 1.54) is 0 Å². The van der Waals surface area contributed by atoms with Crippen molar-refractivity contribution in [3.05, 3.63) is 0 Å². The highest BCUT2D eigenvalue weighted by Gasteiger charge is 2.34. The van der Waals surface area contributed by atoms with Crippen molar-refractivity contribution in [2.24, 2.45) is 51.3 Å². The summed E-state index contributed by atoms with van der Waals surface area (Å²) in [6, 6.07) is 0. The van der Waals surface area contributed by atoms with E-state index in [9.17, 15) is 20.4 Å². The fraction of sp³-hybridized carbons (Fsp3) is 1.00. The predicted molar refractivity (Wildman–Crippen MR) is 259 cm³/mol. The van der Waals surface area contributed by atoms with Crippen LogP contribution in [-0.2, 0) is 18.9 Å². The Bertz CT molecular complexity index is 827. The van der Waals surface area contributed by atoms with Gasteiger partial charge in [0.25, 0.3) is 0 Å². The van der Waals surface area contributed by atoms with Gasteiger partial charge in [-0.25, -0.2) is 0 Å². The van der Waals surface area contributed by atoms with E-state index in [1.807, 2.05) is 0 Å². The number of ether oxygens (including phenoxy) is 4. The molecular weight excluding hydrogens is 845 g/mol. The molecule has 0 aliphatic heterocycles. The van der Waals surface area contributed by atoms with Crippen molar-refractivity contribution < 1.29 is 39.4 Å². The summed E-state index contributed by atoms with van der Waals surface area (Å²) in [6.07, 6.45) is -3.26. The third-order valence-corrected chi connectivity index (χ3v) is 10.4. The SMILES string of the molecule is NCCN(CCN)CCNCC(O)COCC(COCC(O)CNCCN(CCN)CCN)(COCC(O)CNCCN(CCN)CCN)COCC(O)CNCCN(CCN)CCN. The molecule has 4 unspecified atom stereocenters. The van der Waals surface area contributed by atoms with Gasteiger partial charge in [0.1, 0.15) is 0 Å². The molecule has 24 heteroatoms. The number of nitrogens with zero attached hydrogens (tertiary/aromatic N) is 4. The normalized spacial score (nSPS) is 15.1. The van der Waals surface area contributed by atoms with Gasteiger partial charge in [-0.1, -0.05) is 0 Å². The molecule has 0 aromatic carbocycles. The first-order valence-corrected chi connectivity index (χ1v) is 23.9. The lowest BCUT2D eigenvalue weighted by molar-refractivity contribution is -0.131. The van der Waals surface area contributed by atoms with Crippen LogP contribution < -0.4 is 67.1 Å². The van der Waals surface area contributed by atoms with Crippen LogP contribution in [-0.4, -0.2) is 301 Å². The molecule has 0 bridgehead atoms. The highest BCUT2D eigenvalue weighted by molar-refractivity contribution is 4.81. The van der Waals surface area contributed by atoms with Gasteiger partial charge in [0.15, 0.2) is 0 Å². The second kappa shape index (κ2) is 45.5. The summed E-state index contributed by atoms with van der Waals surface area (Å²) in [4.78, 5) is 8.66. The molecule has 0 heterocycles. The van der Waals surface area contributed by atoms with Crippen LogP contribution >= 0.6 is 0 Å². The number of hydrogen-bond acceptors (Lipinski definition) is 24. The third-order valence-electron chi connectivity index (χ3n) is 10.4. The summed E-state index contributed by atoms with van der Waals surface area (Å²) in [5, 5.41) is 56.5. The summed E-state index contributed by atoms with van der Waals surface area (Å²) in [7, 11) is 0. The maximum Gasteiger partial charge on any atom is 0.0897 e. The van der Waals surface area contributed by atoms with Crippen molar-refractivity contribution in [3.63, 3.8) is 0 Å². The second-order valence-electron chi connectivity index (χ2n) is 16.7. The Morgan fingerprint density at radius 2 is 0.508 bits per heavy atom. The number of nitrogens with two attached hydrogens (primary N) is 8. The average molecular weight is 945 g/mol. The molecule has 0 aliphatic rings. The first kappa shape index (κ1) is 64.0.